The van der Waals surface area contributed by atoms with Crippen molar-refractivity contribution in [2.24, 2.45) is 11.3 Å². The molecule has 2 aromatic rings. The Kier molecular flexibility index (Phi) is 5.99. The molecule has 6 heteroatoms. The van der Waals surface area contributed by atoms with Crippen molar-refractivity contribution in [3.63, 3.8) is 0 Å². The molecule has 0 spiro atoms. The Labute approximate surface area is 200 Å². The number of aryl methyl sites for hydroxylation is 1. The number of nitrogens with one attached hydrogen (secondary N) is 1. The first-order valence-electron chi connectivity index (χ1n) is 11.6. The summed E-state index contributed by atoms with van der Waals surface area (Å²) < 4.78 is 11.1. The van der Waals surface area contributed by atoms with Gasteiger partial charge in [0.25, 0.3) is 5.91 Å². The number of methoxy groups -OCH3 is 1. The lowest BCUT2D eigenvalue weighted by Crippen LogP contribution is -2.51. The standard InChI is InChI=1S/C28H30N2O4/c1-6-34-20-10-8-19(9-11-20)30-26(32)21-13-17-7-12-24-27(2,3)25(31)18(16-29)15-28(24,4)22(17)14-23(21)33-5/h8-11,13-15,24H,6-7,12H2,1-5H3,(H,30,32)/t24-,28+/m0/s1. The largest absolute Gasteiger partial charge is 0.496 e. The molecule has 0 fully saturated rings. The fourth-order valence-corrected chi connectivity index (χ4v) is 5.71. The number of Topliss-reactive ketones (excluding diaryl/α,β-unsaturated/α-hetero) is 1. The number of carbonyl (C=O) groups excluding carboxylic acids is 2. The minimum atomic E-state index is -0.650. The highest BCUT2D eigenvalue weighted by molar-refractivity contribution is 6.07. The maximum atomic E-state index is 13.2. The number of rotatable bonds is 5. The van der Waals surface area contributed by atoms with Crippen molar-refractivity contribution in [3.05, 3.63) is 64.7 Å². The number of nitrogens with zero attached hydrogens (tertiary/aromatic N) is 1. The van der Waals surface area contributed by atoms with Crippen LogP contribution in [0.25, 0.3) is 0 Å². The average molecular weight is 459 g/mol. The number of amides is 1. The molecule has 1 amide bonds. The van der Waals surface area contributed by atoms with Gasteiger partial charge >= 0.3 is 0 Å². The van der Waals surface area contributed by atoms with E-state index in [2.05, 4.69) is 18.3 Å². The van der Waals surface area contributed by atoms with Crippen LogP contribution in [0, 0.1) is 22.7 Å². The SMILES string of the molecule is CCOc1ccc(NC(=O)c2cc3c(cc2OC)[C@@]2(C)C=C(C#N)C(=O)C(C)(C)[C@@H]2CC3)cc1. The number of carbonyl (C=O) groups is 2. The van der Waals surface area contributed by atoms with E-state index in [1.807, 2.05) is 51.1 Å². The number of benzene rings is 2. The van der Waals surface area contributed by atoms with E-state index in [0.717, 1.165) is 29.7 Å². The van der Waals surface area contributed by atoms with Crippen LogP contribution in [0.1, 0.15) is 55.6 Å². The molecule has 0 saturated heterocycles. The molecule has 4 rings (SSSR count). The van der Waals surface area contributed by atoms with Gasteiger partial charge in [0.15, 0.2) is 5.78 Å². The van der Waals surface area contributed by atoms with Crippen molar-refractivity contribution < 1.29 is 19.1 Å². The van der Waals surface area contributed by atoms with Gasteiger partial charge in [-0.25, -0.2) is 0 Å². The Hall–Kier alpha value is -3.59. The molecule has 0 heterocycles. The molecule has 2 aromatic carbocycles. The maximum Gasteiger partial charge on any atom is 0.259 e. The molecular formula is C28H30N2O4. The van der Waals surface area contributed by atoms with Crippen molar-refractivity contribution >= 4 is 17.4 Å². The maximum absolute atomic E-state index is 13.2. The molecular weight excluding hydrogens is 428 g/mol. The van der Waals surface area contributed by atoms with E-state index in [-0.39, 0.29) is 23.2 Å². The summed E-state index contributed by atoms with van der Waals surface area (Å²) in [7, 11) is 1.54. The second-order valence-corrected chi connectivity index (χ2v) is 9.72. The molecule has 0 bridgehead atoms. The molecule has 176 valence electrons. The van der Waals surface area contributed by atoms with Crippen LogP contribution in [0.3, 0.4) is 0 Å². The predicted molar refractivity (Wildman–Crippen MR) is 130 cm³/mol. The molecule has 0 radical (unpaired) electrons. The minimum Gasteiger partial charge on any atom is -0.496 e. The number of hydrogen-bond donors (Lipinski definition) is 1. The Morgan fingerprint density at radius 1 is 1.21 bits per heavy atom. The lowest BCUT2D eigenvalue weighted by atomic mass is 9.51. The van der Waals surface area contributed by atoms with Gasteiger partial charge in [0.05, 0.1) is 24.9 Å². The van der Waals surface area contributed by atoms with Gasteiger partial charge in [-0.1, -0.05) is 26.8 Å². The summed E-state index contributed by atoms with van der Waals surface area (Å²) in [6.45, 7) is 8.45. The molecule has 2 aliphatic carbocycles. The van der Waals surface area contributed by atoms with Crippen molar-refractivity contribution in [1.82, 2.24) is 0 Å². The zero-order valence-electron chi connectivity index (χ0n) is 20.3. The Bertz CT molecular complexity index is 1220. The molecule has 34 heavy (non-hydrogen) atoms. The van der Waals surface area contributed by atoms with Gasteiger partial charge in [-0.2, -0.15) is 5.26 Å². The Balaban J connectivity index is 1.73. The molecule has 6 nitrogen and oxygen atoms in total. The first-order chi connectivity index (χ1) is 16.1. The van der Waals surface area contributed by atoms with Gasteiger partial charge in [-0.15, -0.1) is 0 Å². The summed E-state index contributed by atoms with van der Waals surface area (Å²) in [4.78, 5) is 26.1. The van der Waals surface area contributed by atoms with Gasteiger partial charge in [0.1, 0.15) is 17.6 Å². The monoisotopic (exact) mass is 458 g/mol. The fraction of sp³-hybridized carbons (Fsp3) is 0.393. The van der Waals surface area contributed by atoms with Gasteiger partial charge in [0.2, 0.25) is 0 Å². The number of fused-ring (bicyclic) bond motifs is 3. The van der Waals surface area contributed by atoms with Crippen LogP contribution in [-0.2, 0) is 16.6 Å². The molecule has 2 aliphatic rings. The molecule has 0 aliphatic heterocycles. The average Bonchev–Trinajstić information content (AvgIpc) is 2.82. The van der Waals surface area contributed by atoms with Gasteiger partial charge < -0.3 is 14.8 Å². The normalized spacial score (nSPS) is 22.5. The summed E-state index contributed by atoms with van der Waals surface area (Å²) in [6, 6.07) is 13.1. The summed E-state index contributed by atoms with van der Waals surface area (Å²) in [5, 5.41) is 12.6. The third-order valence-electron chi connectivity index (χ3n) is 7.37. The highest BCUT2D eigenvalue weighted by atomic mass is 16.5. The minimum absolute atomic E-state index is 0.0466. The predicted octanol–water partition coefficient (Wildman–Crippen LogP) is 5.23. The van der Waals surface area contributed by atoms with Crippen LogP contribution in [0.2, 0.25) is 0 Å². The van der Waals surface area contributed by atoms with Gasteiger partial charge in [0, 0.05) is 16.5 Å². The van der Waals surface area contributed by atoms with Crippen molar-refractivity contribution in [2.75, 3.05) is 19.0 Å². The van der Waals surface area contributed by atoms with E-state index < -0.39 is 10.8 Å². The van der Waals surface area contributed by atoms with Gasteiger partial charge in [-0.05, 0) is 73.2 Å². The molecule has 0 unspecified atom stereocenters. The summed E-state index contributed by atoms with van der Waals surface area (Å²) in [6.07, 6.45) is 3.36. The number of ether oxygens (including phenoxy) is 2. The van der Waals surface area contributed by atoms with E-state index in [0.29, 0.717) is 23.6 Å². The summed E-state index contributed by atoms with van der Waals surface area (Å²) >= 11 is 0. The lowest BCUT2D eigenvalue weighted by Gasteiger charge is -2.51. The van der Waals surface area contributed by atoms with Crippen molar-refractivity contribution in [3.8, 4) is 17.6 Å². The second kappa shape index (κ2) is 8.64. The number of anilines is 1. The number of nitriles is 1. The Morgan fingerprint density at radius 2 is 1.91 bits per heavy atom. The Morgan fingerprint density at radius 3 is 2.53 bits per heavy atom. The quantitative estimate of drug-likeness (QED) is 0.663. The van der Waals surface area contributed by atoms with Crippen LogP contribution in [-0.4, -0.2) is 25.4 Å². The smallest absolute Gasteiger partial charge is 0.259 e. The zero-order chi connectivity index (χ0) is 24.7. The highest BCUT2D eigenvalue weighted by Gasteiger charge is 2.54. The first-order valence-corrected chi connectivity index (χ1v) is 11.6. The van der Waals surface area contributed by atoms with Crippen LogP contribution in [0.4, 0.5) is 5.69 Å². The van der Waals surface area contributed by atoms with E-state index in [4.69, 9.17) is 9.47 Å². The van der Waals surface area contributed by atoms with Crippen LogP contribution in [0.5, 0.6) is 11.5 Å². The van der Waals surface area contributed by atoms with Crippen LogP contribution >= 0.6 is 0 Å². The number of hydrogen-bond acceptors (Lipinski definition) is 5. The lowest BCUT2D eigenvalue weighted by molar-refractivity contribution is -0.128. The van der Waals surface area contributed by atoms with Crippen LogP contribution < -0.4 is 14.8 Å². The zero-order valence-corrected chi connectivity index (χ0v) is 20.3. The summed E-state index contributed by atoms with van der Waals surface area (Å²) in [5.41, 5.74) is 2.20. The van der Waals surface area contributed by atoms with Gasteiger partial charge in [-0.3, -0.25) is 9.59 Å². The third-order valence-corrected chi connectivity index (χ3v) is 7.37. The topological polar surface area (TPSA) is 88.4 Å². The van der Waals surface area contributed by atoms with E-state index in [1.165, 1.54) is 0 Å². The third kappa shape index (κ3) is 3.75. The molecule has 1 N–H and O–H groups in total. The van der Waals surface area contributed by atoms with Crippen LogP contribution in [0.15, 0.2) is 48.0 Å². The molecule has 2 atom stereocenters. The second-order valence-electron chi connectivity index (χ2n) is 9.72. The number of ketones is 1. The first kappa shape index (κ1) is 23.6. The van der Waals surface area contributed by atoms with E-state index >= 15 is 0 Å². The van der Waals surface area contributed by atoms with Crippen molar-refractivity contribution in [2.45, 2.75) is 46.0 Å². The van der Waals surface area contributed by atoms with Crippen molar-refractivity contribution in [1.29, 1.82) is 5.26 Å². The molecule has 0 aromatic heterocycles. The highest BCUT2D eigenvalue weighted by Crippen LogP contribution is 2.55. The van der Waals surface area contributed by atoms with E-state index in [1.54, 1.807) is 19.2 Å². The fourth-order valence-electron chi connectivity index (χ4n) is 5.71. The summed E-state index contributed by atoms with van der Waals surface area (Å²) in [5.74, 6) is 0.895. The van der Waals surface area contributed by atoms with E-state index in [9.17, 15) is 14.9 Å². The number of allylic oxidation sites excluding steroid dienone is 2. The molecule has 0 saturated carbocycles.